The number of rotatable bonds is 3. The van der Waals surface area contributed by atoms with Crippen LogP contribution >= 0.6 is 11.8 Å². The smallest absolute Gasteiger partial charge is 0.242 e. The van der Waals surface area contributed by atoms with Crippen LogP contribution in [0.4, 0.5) is 0 Å². The number of aryl methyl sites for hydroxylation is 1. The number of nitrogens with zero attached hydrogens (tertiary/aromatic N) is 3. The van der Waals surface area contributed by atoms with Crippen molar-refractivity contribution >= 4 is 23.6 Å². The fourth-order valence-electron chi connectivity index (χ4n) is 3.05. The van der Waals surface area contributed by atoms with Crippen molar-refractivity contribution in [2.45, 2.75) is 12.3 Å². The molecule has 124 valence electrons. The van der Waals surface area contributed by atoms with E-state index in [9.17, 15) is 9.59 Å². The van der Waals surface area contributed by atoms with Crippen LogP contribution < -0.4 is 0 Å². The van der Waals surface area contributed by atoms with Crippen molar-refractivity contribution in [1.82, 2.24) is 14.7 Å². The van der Waals surface area contributed by atoms with E-state index in [2.05, 4.69) is 31.0 Å². The second-order valence-electron chi connectivity index (χ2n) is 6.23. The molecule has 1 atom stereocenters. The van der Waals surface area contributed by atoms with Crippen molar-refractivity contribution in [1.29, 1.82) is 0 Å². The number of hydrogen-bond acceptors (Lipinski definition) is 4. The van der Waals surface area contributed by atoms with E-state index in [0.717, 1.165) is 37.3 Å². The summed E-state index contributed by atoms with van der Waals surface area (Å²) in [6.45, 7) is 5.54. The van der Waals surface area contributed by atoms with Crippen LogP contribution in [-0.2, 0) is 9.59 Å². The van der Waals surface area contributed by atoms with Gasteiger partial charge in [-0.3, -0.25) is 9.59 Å². The summed E-state index contributed by atoms with van der Waals surface area (Å²) in [5.74, 6) is 0.577. The highest BCUT2D eigenvalue weighted by Crippen LogP contribution is 2.39. The number of piperazine rings is 1. The maximum Gasteiger partial charge on any atom is 0.242 e. The summed E-state index contributed by atoms with van der Waals surface area (Å²) in [4.78, 5) is 30.7. The topological polar surface area (TPSA) is 43.9 Å². The van der Waals surface area contributed by atoms with E-state index >= 15 is 0 Å². The van der Waals surface area contributed by atoms with Gasteiger partial charge in [0.2, 0.25) is 11.8 Å². The first-order chi connectivity index (χ1) is 11.1. The summed E-state index contributed by atoms with van der Waals surface area (Å²) < 4.78 is 0. The zero-order valence-corrected chi connectivity index (χ0v) is 14.5. The highest BCUT2D eigenvalue weighted by Gasteiger charge is 2.35. The van der Waals surface area contributed by atoms with Gasteiger partial charge in [-0.15, -0.1) is 11.8 Å². The number of likely N-dealkylation sites (N-methyl/N-ethyl adjacent to an activating group) is 1. The van der Waals surface area contributed by atoms with E-state index in [1.807, 2.05) is 17.0 Å². The van der Waals surface area contributed by atoms with Gasteiger partial charge in [-0.05, 0) is 25.1 Å². The number of carbonyl (C=O) groups excluding carboxylic acids is 2. The van der Waals surface area contributed by atoms with Crippen molar-refractivity contribution in [3.05, 3.63) is 35.4 Å². The number of carbonyl (C=O) groups is 2. The van der Waals surface area contributed by atoms with Crippen molar-refractivity contribution in [2.24, 2.45) is 0 Å². The van der Waals surface area contributed by atoms with Gasteiger partial charge in [-0.1, -0.05) is 24.3 Å². The third kappa shape index (κ3) is 3.53. The van der Waals surface area contributed by atoms with E-state index in [0.29, 0.717) is 5.75 Å². The lowest BCUT2D eigenvalue weighted by Crippen LogP contribution is -2.50. The van der Waals surface area contributed by atoms with Crippen LogP contribution in [0.25, 0.3) is 0 Å². The molecular formula is C17H23N3O2S. The van der Waals surface area contributed by atoms with Crippen LogP contribution in [0.2, 0.25) is 0 Å². The third-order valence-corrected chi connectivity index (χ3v) is 5.82. The van der Waals surface area contributed by atoms with Crippen molar-refractivity contribution in [2.75, 3.05) is 45.5 Å². The Bertz CT molecular complexity index is 599. The summed E-state index contributed by atoms with van der Waals surface area (Å²) in [6.07, 6.45) is 0. The van der Waals surface area contributed by atoms with E-state index in [1.54, 1.807) is 16.7 Å². The number of amides is 2. The second-order valence-corrected chi connectivity index (χ2v) is 7.29. The molecule has 0 saturated carbocycles. The molecular weight excluding hydrogens is 310 g/mol. The molecule has 2 aliphatic rings. The Morgan fingerprint density at radius 3 is 2.61 bits per heavy atom. The van der Waals surface area contributed by atoms with E-state index in [4.69, 9.17) is 0 Å². The van der Waals surface area contributed by atoms with E-state index in [-0.39, 0.29) is 23.7 Å². The van der Waals surface area contributed by atoms with E-state index < -0.39 is 0 Å². The molecule has 2 aliphatic heterocycles. The van der Waals surface area contributed by atoms with Gasteiger partial charge >= 0.3 is 0 Å². The molecule has 1 aromatic carbocycles. The van der Waals surface area contributed by atoms with Crippen LogP contribution in [0, 0.1) is 6.92 Å². The Morgan fingerprint density at radius 1 is 1.22 bits per heavy atom. The predicted octanol–water partition coefficient (Wildman–Crippen LogP) is 1.34. The lowest BCUT2D eigenvalue weighted by atomic mass is 10.1. The molecule has 0 spiro atoms. The minimum Gasteiger partial charge on any atom is -0.339 e. The minimum absolute atomic E-state index is 0.0416. The standard InChI is InChI=1S/C17H23N3O2S/c1-13-5-3-4-6-14(13)17-20(16(22)12-23-17)11-15(21)19-9-7-18(2)8-10-19/h3-6,17H,7-12H2,1-2H3/t17-/m0/s1. The molecule has 0 N–H and O–H groups in total. The van der Waals surface area contributed by atoms with Crippen LogP contribution in [0.15, 0.2) is 24.3 Å². The normalized spacial score (nSPS) is 22.7. The highest BCUT2D eigenvalue weighted by molar-refractivity contribution is 8.00. The first-order valence-corrected chi connectivity index (χ1v) is 9.04. The molecule has 2 fully saturated rings. The summed E-state index contributed by atoms with van der Waals surface area (Å²) in [7, 11) is 2.07. The molecule has 2 heterocycles. The van der Waals surface area contributed by atoms with Gasteiger partial charge in [0.25, 0.3) is 0 Å². The second kappa shape index (κ2) is 6.93. The Balaban J connectivity index is 1.71. The van der Waals surface area contributed by atoms with Gasteiger partial charge in [0.05, 0.1) is 5.75 Å². The van der Waals surface area contributed by atoms with Crippen molar-refractivity contribution in [3.8, 4) is 0 Å². The summed E-state index contributed by atoms with van der Waals surface area (Å²) in [5, 5.41) is -0.0416. The van der Waals surface area contributed by atoms with Crippen molar-refractivity contribution < 1.29 is 9.59 Å². The summed E-state index contributed by atoms with van der Waals surface area (Å²) in [5.41, 5.74) is 2.30. The minimum atomic E-state index is -0.0416. The largest absolute Gasteiger partial charge is 0.339 e. The van der Waals surface area contributed by atoms with Gasteiger partial charge in [-0.2, -0.15) is 0 Å². The van der Waals surface area contributed by atoms with Crippen LogP contribution in [-0.4, -0.2) is 72.0 Å². The molecule has 0 radical (unpaired) electrons. The SMILES string of the molecule is Cc1ccccc1[C@@H]1SCC(=O)N1CC(=O)N1CCN(C)CC1. The van der Waals surface area contributed by atoms with Gasteiger partial charge in [0, 0.05) is 26.2 Å². The Hall–Kier alpha value is -1.53. The molecule has 2 amide bonds. The summed E-state index contributed by atoms with van der Waals surface area (Å²) in [6, 6.07) is 8.10. The number of thioether (sulfide) groups is 1. The Labute approximate surface area is 141 Å². The molecule has 3 rings (SSSR count). The van der Waals surface area contributed by atoms with Crippen LogP contribution in [0.5, 0.6) is 0 Å². The van der Waals surface area contributed by atoms with Crippen molar-refractivity contribution in [3.63, 3.8) is 0 Å². The monoisotopic (exact) mass is 333 g/mol. The zero-order chi connectivity index (χ0) is 16.4. The molecule has 1 aromatic rings. The van der Waals surface area contributed by atoms with E-state index in [1.165, 1.54) is 0 Å². The predicted molar refractivity (Wildman–Crippen MR) is 92.2 cm³/mol. The first-order valence-electron chi connectivity index (χ1n) is 7.99. The average Bonchev–Trinajstić information content (AvgIpc) is 2.89. The van der Waals surface area contributed by atoms with Gasteiger partial charge in [-0.25, -0.2) is 0 Å². The zero-order valence-electron chi connectivity index (χ0n) is 13.7. The fourth-order valence-corrected chi connectivity index (χ4v) is 4.33. The van der Waals surface area contributed by atoms with Crippen LogP contribution in [0.3, 0.4) is 0 Å². The number of hydrogen-bond donors (Lipinski definition) is 0. The third-order valence-electron chi connectivity index (χ3n) is 4.58. The maximum absolute atomic E-state index is 12.6. The fraction of sp³-hybridized carbons (Fsp3) is 0.529. The Morgan fingerprint density at radius 2 is 1.91 bits per heavy atom. The average molecular weight is 333 g/mol. The molecule has 6 heteroatoms. The quantitative estimate of drug-likeness (QED) is 0.837. The summed E-state index contributed by atoms with van der Waals surface area (Å²) >= 11 is 1.61. The molecule has 0 unspecified atom stereocenters. The maximum atomic E-state index is 12.6. The highest BCUT2D eigenvalue weighted by atomic mass is 32.2. The van der Waals surface area contributed by atoms with Gasteiger partial charge in [0.15, 0.2) is 0 Å². The number of benzene rings is 1. The molecule has 5 nitrogen and oxygen atoms in total. The lowest BCUT2D eigenvalue weighted by molar-refractivity contribution is -0.140. The molecule has 0 aliphatic carbocycles. The lowest BCUT2D eigenvalue weighted by Gasteiger charge is -2.34. The molecule has 2 saturated heterocycles. The molecule has 0 aromatic heterocycles. The first kappa shape index (κ1) is 16.3. The molecule has 0 bridgehead atoms. The Kier molecular flexibility index (Phi) is 4.92. The van der Waals surface area contributed by atoms with Gasteiger partial charge < -0.3 is 14.7 Å². The van der Waals surface area contributed by atoms with Crippen LogP contribution in [0.1, 0.15) is 16.5 Å². The molecule has 23 heavy (non-hydrogen) atoms. The van der Waals surface area contributed by atoms with Gasteiger partial charge in [0.1, 0.15) is 11.9 Å².